The molecule has 2 aromatic carbocycles. The molecule has 0 aromatic heterocycles. The lowest BCUT2D eigenvalue weighted by molar-refractivity contribution is 0.0961. The molecule has 0 bridgehead atoms. The normalized spacial score (nSPS) is 10.2. The van der Waals surface area contributed by atoms with E-state index in [1.165, 1.54) is 19.1 Å². The number of hydrogen-bond donors (Lipinski definition) is 0. The summed E-state index contributed by atoms with van der Waals surface area (Å²) < 4.78 is 18.9. The minimum atomic E-state index is -0.616. The second-order valence-corrected chi connectivity index (χ2v) is 4.59. The molecule has 21 heavy (non-hydrogen) atoms. The van der Waals surface area contributed by atoms with Crippen LogP contribution in [0.1, 0.15) is 34.1 Å². The fraction of sp³-hybridized carbons (Fsp3) is 0.176. The highest BCUT2D eigenvalue weighted by molar-refractivity contribution is 5.96. The summed E-state index contributed by atoms with van der Waals surface area (Å²) in [4.78, 5) is 23.0. The van der Waals surface area contributed by atoms with Crippen molar-refractivity contribution in [2.75, 3.05) is 6.61 Å². The van der Waals surface area contributed by atoms with Gasteiger partial charge in [-0.2, -0.15) is 0 Å². The molecular formula is C17H15FO3. The first kappa shape index (κ1) is 14.9. The van der Waals surface area contributed by atoms with E-state index in [1.54, 1.807) is 24.3 Å². The quantitative estimate of drug-likeness (QED) is 0.761. The summed E-state index contributed by atoms with van der Waals surface area (Å²) in [6.45, 7) is 1.46. The molecule has 0 spiro atoms. The van der Waals surface area contributed by atoms with Crippen LogP contribution >= 0.6 is 0 Å². The zero-order valence-electron chi connectivity index (χ0n) is 11.6. The van der Waals surface area contributed by atoms with Crippen molar-refractivity contribution in [2.45, 2.75) is 13.3 Å². The molecule has 108 valence electrons. The Morgan fingerprint density at radius 3 is 2.43 bits per heavy atom. The second kappa shape index (κ2) is 6.79. The van der Waals surface area contributed by atoms with Crippen LogP contribution in [0.2, 0.25) is 0 Å². The van der Waals surface area contributed by atoms with Gasteiger partial charge in [0.25, 0.3) is 0 Å². The Morgan fingerprint density at radius 2 is 1.81 bits per heavy atom. The molecule has 0 aliphatic rings. The van der Waals surface area contributed by atoms with Crippen molar-refractivity contribution in [1.29, 1.82) is 0 Å². The molecule has 3 nitrogen and oxygen atoms in total. The lowest BCUT2D eigenvalue weighted by atomic mass is 10.1. The van der Waals surface area contributed by atoms with Gasteiger partial charge >= 0.3 is 0 Å². The number of benzene rings is 2. The first-order chi connectivity index (χ1) is 10.1. The summed E-state index contributed by atoms with van der Waals surface area (Å²) in [5.74, 6) is -0.678. The molecule has 0 aliphatic heterocycles. The molecule has 0 heterocycles. The van der Waals surface area contributed by atoms with Crippen LogP contribution in [0, 0.1) is 5.82 Å². The van der Waals surface area contributed by atoms with E-state index < -0.39 is 5.82 Å². The highest BCUT2D eigenvalue weighted by atomic mass is 19.1. The van der Waals surface area contributed by atoms with Crippen molar-refractivity contribution in [1.82, 2.24) is 0 Å². The molecule has 4 heteroatoms. The maximum absolute atomic E-state index is 13.6. The summed E-state index contributed by atoms with van der Waals surface area (Å²) in [7, 11) is 0. The van der Waals surface area contributed by atoms with Gasteiger partial charge in [0.2, 0.25) is 0 Å². The van der Waals surface area contributed by atoms with Gasteiger partial charge in [-0.05, 0) is 19.1 Å². The standard InChI is InChI=1S/C17H15FO3/c1-12(19)15-8-7-14(11-16(15)18)21-10-9-17(20)13-5-3-2-4-6-13/h2-8,11H,9-10H2,1H3. The summed E-state index contributed by atoms with van der Waals surface area (Å²) in [6, 6.07) is 13.0. The van der Waals surface area contributed by atoms with Crippen LogP contribution in [-0.2, 0) is 0 Å². The van der Waals surface area contributed by atoms with E-state index in [4.69, 9.17) is 4.74 Å². The molecule has 0 aliphatic carbocycles. The van der Waals surface area contributed by atoms with Crippen molar-refractivity contribution >= 4 is 11.6 Å². The maximum Gasteiger partial charge on any atom is 0.166 e. The molecule has 0 N–H and O–H groups in total. The van der Waals surface area contributed by atoms with Gasteiger partial charge in [0.05, 0.1) is 12.2 Å². The molecule has 0 saturated carbocycles. The SMILES string of the molecule is CC(=O)c1ccc(OCCC(=O)c2ccccc2)cc1F. The van der Waals surface area contributed by atoms with E-state index in [9.17, 15) is 14.0 Å². The van der Waals surface area contributed by atoms with Crippen LogP contribution in [0.15, 0.2) is 48.5 Å². The first-order valence-corrected chi connectivity index (χ1v) is 6.59. The summed E-state index contributed by atoms with van der Waals surface area (Å²) in [6.07, 6.45) is 0.208. The number of hydrogen-bond acceptors (Lipinski definition) is 3. The molecule has 0 unspecified atom stereocenters. The van der Waals surface area contributed by atoms with Crippen LogP contribution in [0.25, 0.3) is 0 Å². The van der Waals surface area contributed by atoms with E-state index in [-0.39, 0.29) is 30.2 Å². The van der Waals surface area contributed by atoms with Gasteiger partial charge in [0.15, 0.2) is 11.6 Å². The maximum atomic E-state index is 13.6. The lowest BCUT2D eigenvalue weighted by Crippen LogP contribution is -2.07. The largest absolute Gasteiger partial charge is 0.493 e. The van der Waals surface area contributed by atoms with E-state index in [0.29, 0.717) is 11.3 Å². The first-order valence-electron chi connectivity index (χ1n) is 6.59. The number of carbonyl (C=O) groups excluding carboxylic acids is 2. The number of ether oxygens (including phenoxy) is 1. The van der Waals surface area contributed by atoms with E-state index >= 15 is 0 Å². The van der Waals surface area contributed by atoms with Gasteiger partial charge in [-0.3, -0.25) is 9.59 Å². The average molecular weight is 286 g/mol. The van der Waals surface area contributed by atoms with Gasteiger partial charge in [0.1, 0.15) is 11.6 Å². The smallest absolute Gasteiger partial charge is 0.166 e. The zero-order valence-corrected chi connectivity index (χ0v) is 11.6. The molecule has 0 radical (unpaired) electrons. The fourth-order valence-corrected chi connectivity index (χ4v) is 1.90. The Bertz CT molecular complexity index is 650. The monoisotopic (exact) mass is 286 g/mol. The number of ketones is 2. The number of rotatable bonds is 6. The van der Waals surface area contributed by atoms with Gasteiger partial charge in [-0.1, -0.05) is 30.3 Å². The fourth-order valence-electron chi connectivity index (χ4n) is 1.90. The molecule has 0 atom stereocenters. The summed E-state index contributed by atoms with van der Waals surface area (Å²) in [5, 5.41) is 0. The Labute approximate surface area is 122 Å². The van der Waals surface area contributed by atoms with E-state index in [2.05, 4.69) is 0 Å². The third-order valence-electron chi connectivity index (χ3n) is 3.01. The molecule has 2 aromatic rings. The molecule has 0 fully saturated rings. The van der Waals surface area contributed by atoms with Crippen molar-refractivity contribution in [3.8, 4) is 5.75 Å². The van der Waals surface area contributed by atoms with Crippen molar-refractivity contribution in [2.24, 2.45) is 0 Å². The summed E-state index contributed by atoms with van der Waals surface area (Å²) >= 11 is 0. The van der Waals surface area contributed by atoms with Crippen molar-refractivity contribution in [3.63, 3.8) is 0 Å². The highest BCUT2D eigenvalue weighted by Crippen LogP contribution is 2.17. The minimum Gasteiger partial charge on any atom is -0.493 e. The van der Waals surface area contributed by atoms with Crippen LogP contribution < -0.4 is 4.74 Å². The van der Waals surface area contributed by atoms with Gasteiger partial charge < -0.3 is 4.74 Å². The van der Waals surface area contributed by atoms with E-state index in [0.717, 1.165) is 6.07 Å². The van der Waals surface area contributed by atoms with Crippen LogP contribution in [-0.4, -0.2) is 18.2 Å². The third kappa shape index (κ3) is 3.99. The molecule has 2 rings (SSSR count). The Morgan fingerprint density at radius 1 is 1.10 bits per heavy atom. The third-order valence-corrected chi connectivity index (χ3v) is 3.01. The number of Topliss-reactive ketones (excluding diaryl/α,β-unsaturated/α-hetero) is 2. The zero-order chi connectivity index (χ0) is 15.2. The minimum absolute atomic E-state index is 0.0303. The number of carbonyl (C=O) groups is 2. The van der Waals surface area contributed by atoms with E-state index in [1.807, 2.05) is 6.07 Å². The lowest BCUT2D eigenvalue weighted by Gasteiger charge is -2.07. The van der Waals surface area contributed by atoms with Crippen LogP contribution in [0.3, 0.4) is 0 Å². The Balaban J connectivity index is 1.91. The predicted molar refractivity (Wildman–Crippen MR) is 77.3 cm³/mol. The summed E-state index contributed by atoms with van der Waals surface area (Å²) in [5.41, 5.74) is 0.655. The predicted octanol–water partition coefficient (Wildman–Crippen LogP) is 3.68. The molecule has 0 saturated heterocycles. The van der Waals surface area contributed by atoms with Crippen molar-refractivity contribution in [3.05, 3.63) is 65.5 Å². The Kier molecular flexibility index (Phi) is 4.82. The van der Waals surface area contributed by atoms with Gasteiger partial charge in [-0.15, -0.1) is 0 Å². The van der Waals surface area contributed by atoms with Crippen LogP contribution in [0.4, 0.5) is 4.39 Å². The van der Waals surface area contributed by atoms with Crippen LogP contribution in [0.5, 0.6) is 5.75 Å². The molecular weight excluding hydrogens is 271 g/mol. The van der Waals surface area contributed by atoms with Gasteiger partial charge in [-0.25, -0.2) is 4.39 Å². The average Bonchev–Trinajstić information content (AvgIpc) is 2.47. The second-order valence-electron chi connectivity index (χ2n) is 4.59. The topological polar surface area (TPSA) is 43.4 Å². The van der Waals surface area contributed by atoms with Gasteiger partial charge in [0, 0.05) is 18.1 Å². The highest BCUT2D eigenvalue weighted by Gasteiger charge is 2.09. The Hall–Kier alpha value is -2.49. The number of halogens is 1. The van der Waals surface area contributed by atoms with Crippen molar-refractivity contribution < 1.29 is 18.7 Å². The molecule has 0 amide bonds.